The summed E-state index contributed by atoms with van der Waals surface area (Å²) >= 11 is 0. The highest BCUT2D eigenvalue weighted by Crippen LogP contribution is 2.61. The van der Waals surface area contributed by atoms with Crippen LogP contribution in [0.15, 0.2) is 0 Å². The van der Waals surface area contributed by atoms with Gasteiger partial charge < -0.3 is 0 Å². The summed E-state index contributed by atoms with van der Waals surface area (Å²) in [4.78, 5) is 0. The highest BCUT2D eigenvalue weighted by molar-refractivity contribution is 7.87. The van der Waals surface area contributed by atoms with Crippen LogP contribution in [0.25, 0.3) is 0 Å². The lowest BCUT2D eigenvalue weighted by Gasteiger charge is -2.56. The summed E-state index contributed by atoms with van der Waals surface area (Å²) in [5.74, 6) is 3.99. The summed E-state index contributed by atoms with van der Waals surface area (Å²) in [6.45, 7) is 0.572. The molecule has 8 fully saturated rings. The number of rotatable bonds is 10. The molecule has 0 unspecified atom stereocenters. The van der Waals surface area contributed by atoms with Crippen LogP contribution in [0.5, 0.6) is 0 Å². The third-order valence-corrected chi connectivity index (χ3v) is 12.7. The van der Waals surface area contributed by atoms with E-state index in [2.05, 4.69) is 0 Å². The van der Waals surface area contributed by atoms with E-state index in [0.717, 1.165) is 74.0 Å². The molecule has 8 rings (SSSR count). The standard InChI is InChI=1S/C25H40O6S2/c26-32(27,30-16-24-10-18-4-19(11-24)6-20(5-18)12-24)2-1-3-33(28,29)31-17-25-13-21-7-22(14-25)9-23(8-21)15-25/h18-23H,1-17H2. The van der Waals surface area contributed by atoms with Gasteiger partial charge in [0, 0.05) is 0 Å². The van der Waals surface area contributed by atoms with Gasteiger partial charge in [0.2, 0.25) is 0 Å². The fourth-order valence-electron chi connectivity index (χ4n) is 9.89. The molecule has 0 spiro atoms. The van der Waals surface area contributed by atoms with E-state index in [4.69, 9.17) is 8.37 Å². The SMILES string of the molecule is O=S(=O)(CCCS(=O)(=O)OCC12CC3CC(CC(C3)C1)C2)OCC12CC3CC(CC(C3)C1)C2. The van der Waals surface area contributed by atoms with Crippen LogP contribution in [-0.2, 0) is 28.6 Å². The van der Waals surface area contributed by atoms with Gasteiger partial charge in [-0.3, -0.25) is 8.37 Å². The first-order valence-corrected chi connectivity index (χ1v) is 16.5. The molecule has 0 aromatic heterocycles. The Labute approximate surface area is 199 Å². The Morgan fingerprint density at radius 1 is 0.515 bits per heavy atom. The Morgan fingerprint density at radius 2 is 0.788 bits per heavy atom. The summed E-state index contributed by atoms with van der Waals surface area (Å²) in [6.07, 6.45) is 14.5. The summed E-state index contributed by atoms with van der Waals surface area (Å²) in [6, 6.07) is 0. The van der Waals surface area contributed by atoms with Crippen molar-refractivity contribution < 1.29 is 25.2 Å². The second kappa shape index (κ2) is 8.17. The van der Waals surface area contributed by atoms with Crippen LogP contribution >= 0.6 is 0 Å². The van der Waals surface area contributed by atoms with Gasteiger partial charge in [0.05, 0.1) is 24.7 Å². The first-order chi connectivity index (χ1) is 15.6. The van der Waals surface area contributed by atoms with E-state index < -0.39 is 20.2 Å². The van der Waals surface area contributed by atoms with Crippen LogP contribution < -0.4 is 0 Å². The van der Waals surface area contributed by atoms with E-state index in [0.29, 0.717) is 0 Å². The molecule has 0 aliphatic heterocycles. The maximum Gasteiger partial charge on any atom is 0.267 e. The highest BCUT2D eigenvalue weighted by Gasteiger charge is 2.52. The molecule has 0 radical (unpaired) electrons. The van der Waals surface area contributed by atoms with Crippen molar-refractivity contribution in [2.24, 2.45) is 46.3 Å². The predicted octanol–water partition coefficient (Wildman–Crippen LogP) is 4.50. The van der Waals surface area contributed by atoms with Crippen molar-refractivity contribution in [1.29, 1.82) is 0 Å². The van der Waals surface area contributed by atoms with Gasteiger partial charge in [-0.05, 0) is 130 Å². The largest absolute Gasteiger partial charge is 0.270 e. The minimum atomic E-state index is -3.72. The van der Waals surface area contributed by atoms with Crippen LogP contribution in [-0.4, -0.2) is 41.6 Å². The first-order valence-electron chi connectivity index (χ1n) is 13.3. The van der Waals surface area contributed by atoms with Gasteiger partial charge in [0.1, 0.15) is 0 Å². The molecule has 33 heavy (non-hydrogen) atoms. The zero-order chi connectivity index (χ0) is 22.9. The summed E-state index contributed by atoms with van der Waals surface area (Å²) in [5.41, 5.74) is 0.0732. The monoisotopic (exact) mass is 500 g/mol. The normalized spacial score (nSPS) is 45.7. The lowest BCUT2D eigenvalue weighted by molar-refractivity contribution is -0.0736. The molecule has 8 bridgehead atoms. The molecule has 8 saturated carbocycles. The van der Waals surface area contributed by atoms with Gasteiger partial charge in [-0.15, -0.1) is 0 Å². The van der Waals surface area contributed by atoms with E-state index >= 15 is 0 Å². The molecule has 0 aromatic rings. The molecule has 0 N–H and O–H groups in total. The van der Waals surface area contributed by atoms with Crippen molar-refractivity contribution in [3.63, 3.8) is 0 Å². The minimum Gasteiger partial charge on any atom is -0.270 e. The molecular formula is C25H40O6S2. The molecule has 0 heterocycles. The Hall–Kier alpha value is -0.180. The number of hydrogen-bond donors (Lipinski definition) is 0. The summed E-state index contributed by atoms with van der Waals surface area (Å²) < 4.78 is 61.1. The maximum absolute atomic E-state index is 12.5. The van der Waals surface area contributed by atoms with E-state index in [1.165, 1.54) is 38.5 Å². The molecule has 6 nitrogen and oxygen atoms in total. The molecule has 8 aliphatic carbocycles. The quantitative estimate of drug-likeness (QED) is 0.411. The number of hydrogen-bond acceptors (Lipinski definition) is 6. The fourth-order valence-corrected chi connectivity index (χ4v) is 12.2. The average molecular weight is 501 g/mol. The minimum absolute atomic E-state index is 0.0341. The van der Waals surface area contributed by atoms with E-state index in [9.17, 15) is 16.8 Å². The first kappa shape index (κ1) is 23.2. The van der Waals surface area contributed by atoms with Gasteiger partial charge in [-0.2, -0.15) is 16.8 Å². The maximum atomic E-state index is 12.5. The van der Waals surface area contributed by atoms with Gasteiger partial charge in [0.15, 0.2) is 0 Å². The predicted molar refractivity (Wildman–Crippen MR) is 125 cm³/mol. The van der Waals surface area contributed by atoms with Gasteiger partial charge >= 0.3 is 0 Å². The molecular weight excluding hydrogens is 460 g/mol. The zero-order valence-electron chi connectivity index (χ0n) is 19.8. The second-order valence-corrected chi connectivity index (χ2v) is 16.8. The molecule has 0 saturated heterocycles. The summed E-state index contributed by atoms with van der Waals surface area (Å²) in [7, 11) is -7.44. The lowest BCUT2D eigenvalue weighted by atomic mass is 9.50. The zero-order valence-corrected chi connectivity index (χ0v) is 21.4. The Kier molecular flexibility index (Phi) is 5.75. The van der Waals surface area contributed by atoms with Crippen molar-refractivity contribution >= 4 is 20.2 Å². The van der Waals surface area contributed by atoms with Gasteiger partial charge in [0.25, 0.3) is 20.2 Å². The summed E-state index contributed by atoms with van der Waals surface area (Å²) in [5, 5.41) is 0. The molecule has 0 aromatic carbocycles. The van der Waals surface area contributed by atoms with Crippen molar-refractivity contribution in [3.8, 4) is 0 Å². The average Bonchev–Trinajstić information content (AvgIpc) is 2.69. The van der Waals surface area contributed by atoms with Crippen LogP contribution in [0, 0.1) is 46.3 Å². The molecule has 0 atom stereocenters. The third-order valence-electron chi connectivity index (χ3n) is 10.2. The fraction of sp³-hybridized carbons (Fsp3) is 1.00. The topological polar surface area (TPSA) is 86.7 Å². The van der Waals surface area contributed by atoms with Crippen molar-refractivity contribution in [2.45, 2.75) is 83.5 Å². The van der Waals surface area contributed by atoms with Crippen LogP contribution in [0.1, 0.15) is 83.5 Å². The Morgan fingerprint density at radius 3 is 1.06 bits per heavy atom. The molecule has 188 valence electrons. The van der Waals surface area contributed by atoms with E-state index in [-0.39, 0.29) is 42.0 Å². The van der Waals surface area contributed by atoms with Crippen LogP contribution in [0.4, 0.5) is 0 Å². The Balaban J connectivity index is 0.966. The highest BCUT2D eigenvalue weighted by atomic mass is 32.2. The van der Waals surface area contributed by atoms with E-state index in [1.807, 2.05) is 0 Å². The van der Waals surface area contributed by atoms with E-state index in [1.54, 1.807) is 0 Å². The van der Waals surface area contributed by atoms with Crippen molar-refractivity contribution in [2.75, 3.05) is 24.7 Å². The Bertz CT molecular complexity index is 820. The molecule has 0 amide bonds. The second-order valence-electron chi connectivity index (χ2n) is 13.2. The smallest absolute Gasteiger partial charge is 0.267 e. The van der Waals surface area contributed by atoms with Crippen LogP contribution in [0.3, 0.4) is 0 Å². The van der Waals surface area contributed by atoms with Gasteiger partial charge in [-0.25, -0.2) is 0 Å². The van der Waals surface area contributed by atoms with Gasteiger partial charge in [-0.1, -0.05) is 0 Å². The molecule has 8 heteroatoms. The lowest BCUT2D eigenvalue weighted by Crippen LogP contribution is -2.48. The van der Waals surface area contributed by atoms with Crippen molar-refractivity contribution in [3.05, 3.63) is 0 Å². The third kappa shape index (κ3) is 4.92. The van der Waals surface area contributed by atoms with Crippen molar-refractivity contribution in [1.82, 2.24) is 0 Å². The van der Waals surface area contributed by atoms with Crippen LogP contribution in [0.2, 0.25) is 0 Å². The molecule has 8 aliphatic rings.